The highest BCUT2D eigenvalue weighted by atomic mass is 16.7. The van der Waals surface area contributed by atoms with Gasteiger partial charge in [0.25, 0.3) is 0 Å². The van der Waals surface area contributed by atoms with Crippen LogP contribution in [-0.2, 0) is 9.47 Å². The van der Waals surface area contributed by atoms with Gasteiger partial charge < -0.3 is 47.1 Å². The fourth-order valence-corrected chi connectivity index (χ4v) is 2.76. The van der Waals surface area contributed by atoms with Crippen molar-refractivity contribution >= 4 is 0 Å². The SMILES string of the molecule is NC[C@H]1O[C@H](O[C@H]2C[C@@H](O)[C@H](N)C[C@@H]2N)[C@H](O)[C@@H](O)[C@@H]1O. The predicted molar refractivity (Wildman–Crippen MR) is 71.8 cm³/mol. The first-order valence-corrected chi connectivity index (χ1v) is 7.09. The van der Waals surface area contributed by atoms with E-state index in [2.05, 4.69) is 0 Å². The molecule has 2 fully saturated rings. The summed E-state index contributed by atoms with van der Waals surface area (Å²) in [4.78, 5) is 0. The third-order valence-electron chi connectivity index (χ3n) is 4.20. The summed E-state index contributed by atoms with van der Waals surface area (Å²) >= 11 is 0. The van der Waals surface area contributed by atoms with Crippen LogP contribution in [0.4, 0.5) is 0 Å². The molecule has 1 aliphatic heterocycles. The minimum Gasteiger partial charge on any atom is -0.391 e. The third kappa shape index (κ3) is 3.52. The van der Waals surface area contributed by atoms with Crippen LogP contribution in [-0.4, -0.2) is 82.0 Å². The van der Waals surface area contributed by atoms with Gasteiger partial charge in [0, 0.05) is 25.0 Å². The molecule has 2 aliphatic rings. The quantitative estimate of drug-likeness (QED) is 0.273. The van der Waals surface area contributed by atoms with Crippen molar-refractivity contribution in [1.82, 2.24) is 0 Å². The molecule has 2 rings (SSSR count). The molecule has 0 amide bonds. The van der Waals surface area contributed by atoms with Gasteiger partial charge >= 0.3 is 0 Å². The molecule has 0 bridgehead atoms. The van der Waals surface area contributed by atoms with E-state index in [-0.39, 0.29) is 13.0 Å². The first-order valence-electron chi connectivity index (χ1n) is 7.09. The smallest absolute Gasteiger partial charge is 0.186 e. The number of rotatable bonds is 3. The molecule has 0 aromatic carbocycles. The fourth-order valence-electron chi connectivity index (χ4n) is 2.76. The number of aliphatic hydroxyl groups is 4. The van der Waals surface area contributed by atoms with Crippen LogP contribution in [0.2, 0.25) is 0 Å². The summed E-state index contributed by atoms with van der Waals surface area (Å²) in [5.41, 5.74) is 17.1. The Morgan fingerprint density at radius 3 is 2.24 bits per heavy atom. The zero-order valence-corrected chi connectivity index (χ0v) is 11.7. The molecule has 1 saturated carbocycles. The van der Waals surface area contributed by atoms with Crippen molar-refractivity contribution in [3.05, 3.63) is 0 Å². The normalized spacial score (nSPS) is 51.9. The monoisotopic (exact) mass is 307 g/mol. The largest absolute Gasteiger partial charge is 0.391 e. The summed E-state index contributed by atoms with van der Waals surface area (Å²) in [6.07, 6.45) is -6.90. The molecular weight excluding hydrogens is 282 g/mol. The van der Waals surface area contributed by atoms with Gasteiger partial charge in [-0.15, -0.1) is 0 Å². The van der Waals surface area contributed by atoms with Crippen molar-refractivity contribution in [2.75, 3.05) is 6.54 Å². The third-order valence-corrected chi connectivity index (χ3v) is 4.20. The molecular formula is C12H25N3O6. The molecule has 0 spiro atoms. The van der Waals surface area contributed by atoms with Crippen LogP contribution in [0.15, 0.2) is 0 Å². The molecule has 21 heavy (non-hydrogen) atoms. The van der Waals surface area contributed by atoms with Crippen LogP contribution in [0, 0.1) is 0 Å². The lowest BCUT2D eigenvalue weighted by atomic mass is 9.87. The summed E-state index contributed by atoms with van der Waals surface area (Å²) in [6, 6.07) is -0.833. The number of aliphatic hydroxyl groups excluding tert-OH is 4. The number of hydrogen-bond acceptors (Lipinski definition) is 9. The van der Waals surface area contributed by atoms with Gasteiger partial charge in [-0.05, 0) is 6.42 Å². The van der Waals surface area contributed by atoms with Crippen LogP contribution in [0.1, 0.15) is 12.8 Å². The van der Waals surface area contributed by atoms with E-state index in [1.165, 1.54) is 0 Å². The Morgan fingerprint density at radius 1 is 0.952 bits per heavy atom. The Balaban J connectivity index is 2.01. The van der Waals surface area contributed by atoms with Crippen molar-refractivity contribution < 1.29 is 29.9 Å². The number of nitrogens with two attached hydrogens (primary N) is 3. The highest BCUT2D eigenvalue weighted by molar-refractivity contribution is 4.94. The average molecular weight is 307 g/mol. The van der Waals surface area contributed by atoms with Gasteiger partial charge in [-0.3, -0.25) is 0 Å². The molecule has 0 aromatic rings. The first kappa shape index (κ1) is 17.0. The molecule has 1 aliphatic carbocycles. The topological polar surface area (TPSA) is 177 Å². The number of ether oxygens (including phenoxy) is 2. The Hall–Kier alpha value is -0.360. The van der Waals surface area contributed by atoms with Gasteiger partial charge in [-0.2, -0.15) is 0 Å². The lowest BCUT2D eigenvalue weighted by molar-refractivity contribution is -0.309. The van der Waals surface area contributed by atoms with E-state index >= 15 is 0 Å². The standard InChI is InChI=1S/C12H25N3O6/c13-3-8-9(17)10(18)11(19)12(21-8)20-7-2-6(16)4(14)1-5(7)15/h4-12,16-19H,1-3,13-15H2/t4-,5+,6-,7+,8-,9-,10+,11-,12+/m1/s1. The van der Waals surface area contributed by atoms with E-state index < -0.39 is 55.0 Å². The van der Waals surface area contributed by atoms with Crippen LogP contribution < -0.4 is 17.2 Å². The van der Waals surface area contributed by atoms with E-state index in [0.29, 0.717) is 6.42 Å². The second kappa shape index (κ2) is 6.82. The van der Waals surface area contributed by atoms with Gasteiger partial charge in [0.2, 0.25) is 0 Å². The Morgan fingerprint density at radius 2 is 1.62 bits per heavy atom. The fraction of sp³-hybridized carbons (Fsp3) is 1.00. The van der Waals surface area contributed by atoms with Crippen molar-refractivity contribution in [2.24, 2.45) is 17.2 Å². The second-order valence-electron chi connectivity index (χ2n) is 5.79. The molecule has 9 heteroatoms. The highest BCUT2D eigenvalue weighted by Crippen LogP contribution is 2.27. The van der Waals surface area contributed by atoms with Crippen LogP contribution >= 0.6 is 0 Å². The van der Waals surface area contributed by atoms with E-state index in [9.17, 15) is 20.4 Å². The van der Waals surface area contributed by atoms with Crippen LogP contribution in [0.3, 0.4) is 0 Å². The van der Waals surface area contributed by atoms with Gasteiger partial charge in [0.05, 0.1) is 12.2 Å². The lowest BCUT2D eigenvalue weighted by Crippen LogP contribution is -2.62. The summed E-state index contributed by atoms with van der Waals surface area (Å²) < 4.78 is 11.0. The maximum atomic E-state index is 9.93. The molecule has 9 nitrogen and oxygen atoms in total. The van der Waals surface area contributed by atoms with Crippen molar-refractivity contribution in [2.45, 2.75) is 67.8 Å². The van der Waals surface area contributed by atoms with Crippen LogP contribution in [0.5, 0.6) is 0 Å². The van der Waals surface area contributed by atoms with Gasteiger partial charge in [-0.1, -0.05) is 0 Å². The average Bonchev–Trinajstić information content (AvgIpc) is 2.45. The predicted octanol–water partition coefficient (Wildman–Crippen LogP) is -4.05. The van der Waals surface area contributed by atoms with E-state index in [0.717, 1.165) is 0 Å². The summed E-state index contributed by atoms with van der Waals surface area (Å²) in [7, 11) is 0. The molecule has 10 N–H and O–H groups in total. The molecule has 124 valence electrons. The Kier molecular flexibility index (Phi) is 5.52. The molecule has 0 unspecified atom stereocenters. The maximum absolute atomic E-state index is 9.93. The molecule has 0 aromatic heterocycles. The van der Waals surface area contributed by atoms with Gasteiger partial charge in [0.1, 0.15) is 24.4 Å². The van der Waals surface area contributed by atoms with Gasteiger partial charge in [0.15, 0.2) is 6.29 Å². The van der Waals surface area contributed by atoms with E-state index in [1.54, 1.807) is 0 Å². The summed E-state index contributed by atoms with van der Waals surface area (Å²) in [6.45, 7) is -0.0327. The van der Waals surface area contributed by atoms with Crippen molar-refractivity contribution in [3.8, 4) is 0 Å². The first-order chi connectivity index (χ1) is 9.85. The summed E-state index contributed by atoms with van der Waals surface area (Å²) in [5, 5.41) is 39.2. The second-order valence-corrected chi connectivity index (χ2v) is 5.79. The number of hydrogen-bond donors (Lipinski definition) is 7. The minimum atomic E-state index is -1.43. The summed E-state index contributed by atoms with van der Waals surface area (Å²) in [5.74, 6) is 0. The zero-order chi connectivity index (χ0) is 15.7. The lowest BCUT2D eigenvalue weighted by Gasteiger charge is -2.43. The van der Waals surface area contributed by atoms with E-state index in [1.807, 2.05) is 0 Å². The van der Waals surface area contributed by atoms with E-state index in [4.69, 9.17) is 26.7 Å². The zero-order valence-electron chi connectivity index (χ0n) is 11.7. The van der Waals surface area contributed by atoms with Gasteiger partial charge in [-0.25, -0.2) is 0 Å². The minimum absolute atomic E-state index is 0.0327. The molecule has 0 radical (unpaired) electrons. The molecule has 1 saturated heterocycles. The van der Waals surface area contributed by atoms with Crippen molar-refractivity contribution in [3.63, 3.8) is 0 Å². The van der Waals surface area contributed by atoms with Crippen LogP contribution in [0.25, 0.3) is 0 Å². The Bertz CT molecular complexity index is 347. The highest BCUT2D eigenvalue weighted by Gasteiger charge is 2.46. The Labute approximate surface area is 122 Å². The molecule has 1 heterocycles. The molecule has 9 atom stereocenters. The van der Waals surface area contributed by atoms with Crippen molar-refractivity contribution in [1.29, 1.82) is 0 Å². The maximum Gasteiger partial charge on any atom is 0.186 e.